The van der Waals surface area contributed by atoms with Crippen LogP contribution < -0.4 is 24.9 Å². The van der Waals surface area contributed by atoms with E-state index in [1.54, 1.807) is 23.2 Å². The number of aromatic nitrogens is 4. The Bertz CT molecular complexity index is 1870. The van der Waals surface area contributed by atoms with Crippen LogP contribution in [0.2, 0.25) is 18.1 Å². The van der Waals surface area contributed by atoms with Crippen LogP contribution >= 0.6 is 12.4 Å². The van der Waals surface area contributed by atoms with Gasteiger partial charge in [-0.25, -0.2) is 29.5 Å². The van der Waals surface area contributed by atoms with Gasteiger partial charge in [0, 0.05) is 78.0 Å². The van der Waals surface area contributed by atoms with Crippen molar-refractivity contribution in [2.45, 2.75) is 65.6 Å². The molecule has 3 N–H and O–H groups in total. The predicted octanol–water partition coefficient (Wildman–Crippen LogP) is 7.59. The Morgan fingerprint density at radius 2 is 1.12 bits per heavy atom. The largest absolute Gasteiger partial charge is 0.542 e. The molecule has 0 aromatic carbocycles. The van der Waals surface area contributed by atoms with Gasteiger partial charge >= 0.3 is 12.1 Å². The zero-order valence-corrected chi connectivity index (χ0v) is 37.3. The van der Waals surface area contributed by atoms with Gasteiger partial charge in [0.2, 0.25) is 0 Å². The number of amides is 4. The normalized spacial score (nSPS) is 15.4. The lowest BCUT2D eigenvalue weighted by Crippen LogP contribution is -2.50. The topological polar surface area (TPSA) is 161 Å². The number of nitrogens with one attached hydrogen (secondary N) is 2. The summed E-state index contributed by atoms with van der Waals surface area (Å²) < 4.78 is 11.2. The van der Waals surface area contributed by atoms with Crippen LogP contribution in [-0.4, -0.2) is 121 Å². The van der Waals surface area contributed by atoms with Crippen LogP contribution in [0.3, 0.4) is 0 Å². The van der Waals surface area contributed by atoms with Crippen molar-refractivity contribution in [3.05, 3.63) is 84.4 Å². The molecule has 320 valence electrons. The number of pyridine rings is 4. The maximum atomic E-state index is 12.6. The highest BCUT2D eigenvalue weighted by molar-refractivity contribution is 6.74. The van der Waals surface area contributed by atoms with Gasteiger partial charge in [-0.3, -0.25) is 10.6 Å². The highest BCUT2D eigenvalue weighted by Gasteiger charge is 2.39. The number of piperazine rings is 2. The molecule has 4 aromatic heterocycles. The Labute approximate surface area is 356 Å². The number of carbonyl (C=O) groups excluding carboxylic acids is 2. The molecule has 0 atom stereocenters. The zero-order valence-electron chi connectivity index (χ0n) is 35.5. The van der Waals surface area contributed by atoms with E-state index >= 15 is 0 Å². The first kappa shape index (κ1) is 46.5. The number of hydrogen-bond donors (Lipinski definition) is 3. The van der Waals surface area contributed by atoms with Gasteiger partial charge in [-0.2, -0.15) is 0 Å². The van der Waals surface area contributed by atoms with Gasteiger partial charge in [0.1, 0.15) is 34.8 Å². The molecule has 3 saturated heterocycles. The number of hydrogen-bond acceptors (Lipinski definition) is 11. The highest BCUT2D eigenvalue weighted by Crippen LogP contribution is 2.37. The Kier molecular flexibility index (Phi) is 17.1. The predicted molar refractivity (Wildman–Crippen MR) is 239 cm³/mol. The summed E-state index contributed by atoms with van der Waals surface area (Å²) in [6.45, 7) is 22.6. The van der Waals surface area contributed by atoms with Gasteiger partial charge in [-0.15, -0.1) is 12.4 Å². The summed E-state index contributed by atoms with van der Waals surface area (Å²) in [5.74, 6) is 3.68. The van der Waals surface area contributed by atoms with Crippen molar-refractivity contribution in [1.29, 1.82) is 0 Å². The van der Waals surface area contributed by atoms with E-state index in [2.05, 4.69) is 80.3 Å². The number of halogens is 1. The maximum absolute atomic E-state index is 12.6. The number of urea groups is 2. The molecule has 3 aliphatic rings. The summed E-state index contributed by atoms with van der Waals surface area (Å²) in [5, 5.41) is 14.9. The third-order valence-corrected chi connectivity index (χ3v) is 14.9. The number of aromatic hydroxyl groups is 1. The second-order valence-electron chi connectivity index (χ2n) is 16.2. The van der Waals surface area contributed by atoms with Gasteiger partial charge in [0.25, 0.3) is 8.32 Å². The van der Waals surface area contributed by atoms with Crippen LogP contribution in [0.4, 0.5) is 32.9 Å². The summed E-state index contributed by atoms with van der Waals surface area (Å²) in [5.41, 5.74) is 2.28. The van der Waals surface area contributed by atoms with Crippen LogP contribution in [0, 0.1) is 13.8 Å². The van der Waals surface area contributed by atoms with Crippen molar-refractivity contribution in [1.82, 2.24) is 29.7 Å². The third kappa shape index (κ3) is 14.2. The number of ether oxygens (including phenoxy) is 1. The average Bonchev–Trinajstić information content (AvgIpc) is 3.81. The van der Waals surface area contributed by atoms with E-state index in [1.165, 1.54) is 25.1 Å². The second-order valence-corrected chi connectivity index (χ2v) is 20.9. The van der Waals surface area contributed by atoms with E-state index < -0.39 is 8.32 Å². The van der Waals surface area contributed by atoms with Crippen LogP contribution in [0.5, 0.6) is 11.5 Å². The summed E-state index contributed by atoms with van der Waals surface area (Å²) in [7, 11) is -1.91. The third-order valence-electron chi connectivity index (χ3n) is 10.5. The Balaban J connectivity index is 0.000000234. The van der Waals surface area contributed by atoms with Crippen LogP contribution in [0.1, 0.15) is 44.7 Å². The quantitative estimate of drug-likeness (QED) is 0.164. The molecule has 0 bridgehead atoms. The summed E-state index contributed by atoms with van der Waals surface area (Å²) in [4.78, 5) is 50.0. The van der Waals surface area contributed by atoms with Crippen molar-refractivity contribution >= 4 is 56.1 Å². The van der Waals surface area contributed by atoms with E-state index in [1.807, 2.05) is 55.4 Å². The standard InChI is InChI=1S/C22H33N5O2Si.C16H19N5O2.C4H8O.ClH/c1-17-7-10-20(24-15-17)26-11-13-27(14-12-26)21(28)25-19-9-8-18(16-23-19)29-30(5,6)22(2,3)4;1-12-2-5-15(18-10-12)20-6-8-21(9-7-20)16(23)19-14-4-3-13(22)11-17-14;1-2-4-5-3-1;/h7-10,15-16H,11-14H2,1-6H3,(H,23,25,28);2-5,10-11,22H,6-9H2,1H3,(H,17,19,23);1-4H2;1H. The smallest absolute Gasteiger partial charge is 0.323 e. The molecular weight excluding hydrogens is 788 g/mol. The first-order valence-electron chi connectivity index (χ1n) is 20.0. The SMILES string of the molecule is C1CCOC1.Cc1ccc(N2CCN(C(=O)Nc3ccc(O)cn3)CC2)nc1.Cc1ccc(N2CCN(C(=O)Nc3ccc(O[Si](C)(C)C(C)(C)C)cn3)CC2)nc1.Cl. The fraction of sp³-hybridized carbons (Fsp3) is 0.476. The van der Waals surface area contributed by atoms with E-state index in [0.29, 0.717) is 37.8 Å². The lowest BCUT2D eigenvalue weighted by molar-refractivity contribution is 0.198. The van der Waals surface area contributed by atoms with Gasteiger partial charge in [-0.05, 0) is 92.3 Å². The molecule has 0 unspecified atom stereocenters. The van der Waals surface area contributed by atoms with Crippen LogP contribution in [0.15, 0.2) is 73.3 Å². The van der Waals surface area contributed by atoms with Gasteiger partial charge in [0.15, 0.2) is 0 Å². The lowest BCUT2D eigenvalue weighted by atomic mass is 10.2. The van der Waals surface area contributed by atoms with Gasteiger partial charge < -0.3 is 33.9 Å². The summed E-state index contributed by atoms with van der Waals surface area (Å²) in [6.07, 6.45) is 9.27. The van der Waals surface area contributed by atoms with Crippen LogP contribution in [-0.2, 0) is 4.74 Å². The lowest BCUT2D eigenvalue weighted by Gasteiger charge is -2.36. The molecule has 7 rings (SSSR count). The van der Waals surface area contributed by atoms with Gasteiger partial charge in [0.05, 0.1) is 12.4 Å². The van der Waals surface area contributed by atoms with Crippen molar-refractivity contribution in [3.63, 3.8) is 0 Å². The second kappa shape index (κ2) is 21.7. The molecule has 0 aliphatic carbocycles. The first-order valence-corrected chi connectivity index (χ1v) is 22.9. The molecule has 0 radical (unpaired) electrons. The zero-order chi connectivity index (χ0) is 41.7. The molecule has 7 heterocycles. The fourth-order valence-corrected chi connectivity index (χ4v) is 6.90. The fourth-order valence-electron chi connectivity index (χ4n) is 5.88. The average molecular weight is 850 g/mol. The Morgan fingerprint density at radius 3 is 1.46 bits per heavy atom. The Morgan fingerprint density at radius 1 is 0.661 bits per heavy atom. The molecule has 17 heteroatoms. The van der Waals surface area contributed by atoms with E-state index in [-0.39, 0.29) is 35.3 Å². The molecule has 15 nitrogen and oxygen atoms in total. The number of aryl methyl sites for hydroxylation is 2. The van der Waals surface area contributed by atoms with Crippen molar-refractivity contribution in [2.24, 2.45) is 0 Å². The monoisotopic (exact) mass is 848 g/mol. The van der Waals surface area contributed by atoms with Crippen LogP contribution in [0.25, 0.3) is 0 Å². The van der Waals surface area contributed by atoms with Gasteiger partial charge in [-0.1, -0.05) is 32.9 Å². The molecule has 0 spiro atoms. The molecule has 3 aliphatic heterocycles. The number of rotatable bonds is 6. The maximum Gasteiger partial charge on any atom is 0.323 e. The minimum Gasteiger partial charge on any atom is -0.542 e. The number of carbonyl (C=O) groups is 2. The van der Waals surface area contributed by atoms with E-state index in [0.717, 1.165) is 67.9 Å². The van der Waals surface area contributed by atoms with Crippen molar-refractivity contribution in [2.75, 3.05) is 86.0 Å². The van der Waals surface area contributed by atoms with Crippen molar-refractivity contribution < 1.29 is 23.9 Å². The molecule has 59 heavy (non-hydrogen) atoms. The molecule has 4 aromatic rings. The minimum atomic E-state index is -1.91. The molecule has 4 amide bonds. The van der Waals surface area contributed by atoms with E-state index in [4.69, 9.17) is 9.16 Å². The Hall–Kier alpha value is -5.19. The van der Waals surface area contributed by atoms with E-state index in [9.17, 15) is 14.7 Å². The molecule has 3 fully saturated rings. The summed E-state index contributed by atoms with van der Waals surface area (Å²) in [6, 6.07) is 14.6. The molecular formula is C42H61ClN10O5Si. The summed E-state index contributed by atoms with van der Waals surface area (Å²) >= 11 is 0. The number of nitrogens with zero attached hydrogens (tertiary/aromatic N) is 8. The van der Waals surface area contributed by atoms with Crippen molar-refractivity contribution in [3.8, 4) is 11.5 Å². The molecule has 0 saturated carbocycles. The highest BCUT2D eigenvalue weighted by atomic mass is 35.5. The minimum absolute atomic E-state index is 0. The number of anilines is 4. The first-order chi connectivity index (χ1) is 27.7.